The Kier molecular flexibility index (Phi) is 6.85. The molecular formula is C12H17ClFNS. The molecule has 0 saturated carbocycles. The number of hydrogen-bond acceptors (Lipinski definition) is 2. The molecule has 0 aliphatic heterocycles. The molecule has 0 radical (unpaired) electrons. The Morgan fingerprint density at radius 1 is 1.44 bits per heavy atom. The van der Waals surface area contributed by atoms with Gasteiger partial charge in [0.2, 0.25) is 0 Å². The van der Waals surface area contributed by atoms with E-state index < -0.39 is 0 Å². The quantitative estimate of drug-likeness (QED) is 0.751. The SMILES string of the molecule is CCSCCCNCc1cccc(Cl)c1F. The Morgan fingerprint density at radius 2 is 2.25 bits per heavy atom. The number of halogens is 2. The summed E-state index contributed by atoms with van der Waals surface area (Å²) in [7, 11) is 0. The van der Waals surface area contributed by atoms with Crippen molar-refractivity contribution in [2.75, 3.05) is 18.1 Å². The maximum absolute atomic E-state index is 13.5. The largest absolute Gasteiger partial charge is 0.313 e. The zero-order valence-corrected chi connectivity index (χ0v) is 11.0. The van der Waals surface area contributed by atoms with Crippen molar-refractivity contribution in [2.45, 2.75) is 19.9 Å². The van der Waals surface area contributed by atoms with Gasteiger partial charge in [0.25, 0.3) is 0 Å². The standard InChI is InChI=1S/C12H17ClFNS/c1-2-16-8-4-7-15-9-10-5-3-6-11(13)12(10)14/h3,5-6,15H,2,4,7-9H2,1H3. The molecule has 16 heavy (non-hydrogen) atoms. The van der Waals surface area contributed by atoms with Crippen molar-refractivity contribution in [1.29, 1.82) is 0 Å². The molecule has 0 bridgehead atoms. The van der Waals surface area contributed by atoms with Crippen LogP contribution in [0.1, 0.15) is 18.9 Å². The fourth-order valence-corrected chi connectivity index (χ4v) is 2.18. The molecule has 4 heteroatoms. The minimum atomic E-state index is -0.306. The van der Waals surface area contributed by atoms with E-state index in [0.29, 0.717) is 12.1 Å². The van der Waals surface area contributed by atoms with Crippen LogP contribution < -0.4 is 5.32 Å². The number of nitrogens with one attached hydrogen (secondary N) is 1. The van der Waals surface area contributed by atoms with Gasteiger partial charge in [0.15, 0.2) is 0 Å². The summed E-state index contributed by atoms with van der Waals surface area (Å²) < 4.78 is 13.5. The maximum atomic E-state index is 13.5. The highest BCUT2D eigenvalue weighted by atomic mass is 35.5. The average molecular weight is 262 g/mol. The molecule has 0 aliphatic rings. The fourth-order valence-electron chi connectivity index (χ4n) is 1.35. The molecule has 0 atom stereocenters. The van der Waals surface area contributed by atoms with Crippen LogP contribution in [0.25, 0.3) is 0 Å². The van der Waals surface area contributed by atoms with Gasteiger partial charge >= 0.3 is 0 Å². The summed E-state index contributed by atoms with van der Waals surface area (Å²) in [6, 6.07) is 5.10. The highest BCUT2D eigenvalue weighted by Crippen LogP contribution is 2.17. The van der Waals surface area contributed by atoms with E-state index in [1.165, 1.54) is 0 Å². The first-order valence-electron chi connectivity index (χ1n) is 5.47. The van der Waals surface area contributed by atoms with Crippen LogP contribution in [-0.2, 0) is 6.54 Å². The third-order valence-corrected chi connectivity index (χ3v) is 3.47. The maximum Gasteiger partial charge on any atom is 0.146 e. The van der Waals surface area contributed by atoms with E-state index in [1.54, 1.807) is 18.2 Å². The van der Waals surface area contributed by atoms with Gasteiger partial charge in [-0.05, 0) is 30.5 Å². The number of rotatable bonds is 7. The summed E-state index contributed by atoms with van der Waals surface area (Å²) in [6.07, 6.45) is 1.11. The molecule has 0 aromatic heterocycles. The van der Waals surface area contributed by atoms with Crippen LogP contribution in [0.5, 0.6) is 0 Å². The Labute approximate surface area is 106 Å². The lowest BCUT2D eigenvalue weighted by Gasteiger charge is -2.06. The topological polar surface area (TPSA) is 12.0 Å². The third kappa shape index (κ3) is 4.73. The monoisotopic (exact) mass is 261 g/mol. The first kappa shape index (κ1) is 13.8. The molecule has 0 heterocycles. The highest BCUT2D eigenvalue weighted by Gasteiger charge is 2.04. The van der Waals surface area contributed by atoms with Gasteiger partial charge in [-0.25, -0.2) is 4.39 Å². The predicted molar refractivity (Wildman–Crippen MR) is 70.7 cm³/mol. The van der Waals surface area contributed by atoms with E-state index in [1.807, 2.05) is 11.8 Å². The molecule has 1 nitrogen and oxygen atoms in total. The molecule has 0 unspecified atom stereocenters. The van der Waals surface area contributed by atoms with Gasteiger partial charge in [0.1, 0.15) is 5.82 Å². The van der Waals surface area contributed by atoms with Crippen LogP contribution in [0.3, 0.4) is 0 Å². The van der Waals surface area contributed by atoms with Crippen molar-refractivity contribution in [2.24, 2.45) is 0 Å². The lowest BCUT2D eigenvalue weighted by atomic mass is 10.2. The molecule has 1 aromatic carbocycles. The molecule has 0 spiro atoms. The van der Waals surface area contributed by atoms with Crippen molar-refractivity contribution in [3.8, 4) is 0 Å². The van der Waals surface area contributed by atoms with Crippen molar-refractivity contribution in [1.82, 2.24) is 5.32 Å². The highest BCUT2D eigenvalue weighted by molar-refractivity contribution is 7.99. The minimum Gasteiger partial charge on any atom is -0.313 e. The normalized spacial score (nSPS) is 10.7. The summed E-state index contributed by atoms with van der Waals surface area (Å²) in [6.45, 7) is 3.61. The molecule has 0 saturated heterocycles. The van der Waals surface area contributed by atoms with Crippen LogP contribution in [0, 0.1) is 5.82 Å². The van der Waals surface area contributed by atoms with Gasteiger partial charge in [0, 0.05) is 12.1 Å². The van der Waals surface area contributed by atoms with Gasteiger partial charge in [-0.1, -0.05) is 30.7 Å². The van der Waals surface area contributed by atoms with Gasteiger partial charge < -0.3 is 5.32 Å². The second-order valence-electron chi connectivity index (χ2n) is 3.44. The smallest absolute Gasteiger partial charge is 0.146 e. The number of thioether (sulfide) groups is 1. The lowest BCUT2D eigenvalue weighted by molar-refractivity contribution is 0.587. The second-order valence-corrected chi connectivity index (χ2v) is 5.24. The second kappa shape index (κ2) is 7.93. The van der Waals surface area contributed by atoms with Crippen molar-refractivity contribution in [3.63, 3.8) is 0 Å². The van der Waals surface area contributed by atoms with Crippen LogP contribution in [0.4, 0.5) is 4.39 Å². The minimum absolute atomic E-state index is 0.195. The van der Waals surface area contributed by atoms with Crippen molar-refractivity contribution in [3.05, 3.63) is 34.6 Å². The molecule has 90 valence electrons. The third-order valence-electron chi connectivity index (χ3n) is 2.19. The predicted octanol–water partition coefficient (Wildman–Crippen LogP) is 3.71. The van der Waals surface area contributed by atoms with E-state index >= 15 is 0 Å². The van der Waals surface area contributed by atoms with Crippen molar-refractivity contribution < 1.29 is 4.39 Å². The molecule has 0 amide bonds. The summed E-state index contributed by atoms with van der Waals surface area (Å²) in [5.41, 5.74) is 0.635. The van der Waals surface area contributed by atoms with E-state index in [-0.39, 0.29) is 10.8 Å². The van der Waals surface area contributed by atoms with E-state index in [4.69, 9.17) is 11.6 Å². The fraction of sp³-hybridized carbons (Fsp3) is 0.500. The summed E-state index contributed by atoms with van der Waals surface area (Å²) in [5, 5.41) is 3.41. The van der Waals surface area contributed by atoms with Gasteiger partial charge in [-0.15, -0.1) is 0 Å². The zero-order valence-electron chi connectivity index (χ0n) is 9.43. The Balaban J connectivity index is 2.24. The first-order chi connectivity index (χ1) is 7.75. The van der Waals surface area contributed by atoms with Crippen LogP contribution >= 0.6 is 23.4 Å². The molecule has 1 N–H and O–H groups in total. The van der Waals surface area contributed by atoms with E-state index in [9.17, 15) is 4.39 Å². The van der Waals surface area contributed by atoms with Gasteiger partial charge in [-0.3, -0.25) is 0 Å². The van der Waals surface area contributed by atoms with E-state index in [0.717, 1.165) is 24.5 Å². The molecule has 0 aliphatic carbocycles. The summed E-state index contributed by atoms with van der Waals surface area (Å²) in [4.78, 5) is 0. The Morgan fingerprint density at radius 3 is 3.00 bits per heavy atom. The average Bonchev–Trinajstić information content (AvgIpc) is 2.29. The molecule has 1 aromatic rings. The van der Waals surface area contributed by atoms with Crippen LogP contribution in [0.15, 0.2) is 18.2 Å². The Hall–Kier alpha value is -0.250. The first-order valence-corrected chi connectivity index (χ1v) is 7.00. The van der Waals surface area contributed by atoms with Crippen LogP contribution in [0.2, 0.25) is 5.02 Å². The number of benzene rings is 1. The lowest BCUT2D eigenvalue weighted by Crippen LogP contribution is -2.16. The van der Waals surface area contributed by atoms with Crippen molar-refractivity contribution >= 4 is 23.4 Å². The Bertz CT molecular complexity index is 320. The number of hydrogen-bond donors (Lipinski definition) is 1. The molecule has 1 rings (SSSR count). The van der Waals surface area contributed by atoms with Gasteiger partial charge in [-0.2, -0.15) is 11.8 Å². The molecule has 0 fully saturated rings. The summed E-state index contributed by atoms with van der Waals surface area (Å²) in [5.74, 6) is 2.00. The summed E-state index contributed by atoms with van der Waals surface area (Å²) >= 11 is 7.61. The zero-order chi connectivity index (χ0) is 11.8. The van der Waals surface area contributed by atoms with E-state index in [2.05, 4.69) is 12.2 Å². The van der Waals surface area contributed by atoms with Gasteiger partial charge in [0.05, 0.1) is 5.02 Å². The van der Waals surface area contributed by atoms with Crippen LogP contribution in [-0.4, -0.2) is 18.1 Å². The molecular weight excluding hydrogens is 245 g/mol.